The van der Waals surface area contributed by atoms with Gasteiger partial charge in [-0.25, -0.2) is 0 Å². The Bertz CT molecular complexity index is 600. The summed E-state index contributed by atoms with van der Waals surface area (Å²) >= 11 is 0. The third kappa shape index (κ3) is 8.56. The van der Waals surface area contributed by atoms with Crippen LogP contribution in [0, 0.1) is 0 Å². The van der Waals surface area contributed by atoms with Crippen molar-refractivity contribution in [2.24, 2.45) is 0 Å². The van der Waals surface area contributed by atoms with Crippen LogP contribution in [0.5, 0.6) is 0 Å². The zero-order valence-electron chi connectivity index (χ0n) is 17.9. The minimum atomic E-state index is -3.89. The second-order valence-electron chi connectivity index (χ2n) is 7.89. The highest BCUT2D eigenvalue weighted by Gasteiger charge is 2.45. The van der Waals surface area contributed by atoms with Crippen LogP contribution in [0.25, 0.3) is 0 Å². The van der Waals surface area contributed by atoms with Crippen molar-refractivity contribution in [2.45, 2.75) is 89.0 Å². The number of rotatable bonds is 13. The van der Waals surface area contributed by atoms with Gasteiger partial charge in [-0.15, -0.1) is 0 Å². The van der Waals surface area contributed by atoms with Gasteiger partial charge in [0.25, 0.3) is 0 Å². The lowest BCUT2D eigenvalue weighted by molar-refractivity contribution is -0.300. The van der Waals surface area contributed by atoms with Crippen LogP contribution in [0.1, 0.15) is 47.0 Å². The van der Waals surface area contributed by atoms with Crippen molar-refractivity contribution in [1.29, 1.82) is 0 Å². The van der Waals surface area contributed by atoms with Gasteiger partial charge in [-0.1, -0.05) is 27.7 Å². The summed E-state index contributed by atoms with van der Waals surface area (Å²) in [5, 5.41) is 30.1. The molecular formula is C17H36O11P2. The summed E-state index contributed by atoms with van der Waals surface area (Å²) in [4.78, 5) is 19.3. The SMILES string of the molecule is CC(C)P(=O)(O)OCCCCCOC1OC(COP(=O)(O)C(C)C)C(O)C(O)C1O. The van der Waals surface area contributed by atoms with Crippen molar-refractivity contribution in [3.63, 3.8) is 0 Å². The molecule has 1 heterocycles. The summed E-state index contributed by atoms with van der Waals surface area (Å²) in [6.07, 6.45) is -5.30. The fourth-order valence-electron chi connectivity index (χ4n) is 2.45. The molecule has 180 valence electrons. The normalized spacial score (nSPS) is 31.6. The van der Waals surface area contributed by atoms with E-state index >= 15 is 0 Å². The van der Waals surface area contributed by atoms with Gasteiger partial charge < -0.3 is 43.6 Å². The maximum atomic E-state index is 11.9. The first kappa shape index (κ1) is 28.1. The Hall–Kier alpha value is 0.1000. The van der Waals surface area contributed by atoms with E-state index < -0.39 is 63.8 Å². The lowest BCUT2D eigenvalue weighted by Crippen LogP contribution is -2.59. The highest BCUT2D eigenvalue weighted by Crippen LogP contribution is 2.48. The van der Waals surface area contributed by atoms with E-state index in [0.29, 0.717) is 19.3 Å². The Morgan fingerprint density at radius 3 is 1.90 bits per heavy atom. The van der Waals surface area contributed by atoms with Gasteiger partial charge in [0.05, 0.1) is 24.5 Å². The topological polar surface area (TPSA) is 172 Å². The zero-order valence-corrected chi connectivity index (χ0v) is 19.7. The summed E-state index contributed by atoms with van der Waals surface area (Å²) in [5.74, 6) is 0. The van der Waals surface area contributed by atoms with Crippen LogP contribution in [0.2, 0.25) is 0 Å². The molecule has 1 rings (SSSR count). The molecule has 1 saturated heterocycles. The maximum Gasteiger partial charge on any atom is 0.330 e. The number of hydrogen-bond donors (Lipinski definition) is 5. The summed E-state index contributed by atoms with van der Waals surface area (Å²) in [6.45, 7) is 6.07. The highest BCUT2D eigenvalue weighted by atomic mass is 31.2. The van der Waals surface area contributed by atoms with Gasteiger partial charge in [0.1, 0.15) is 24.4 Å². The standard InChI is InChI=1S/C17H36O11P2/c1-11(2)29(21,22)26-9-7-5-6-8-25-17-16(20)15(19)14(18)13(28-17)10-27-30(23,24)12(3)4/h11-20H,5-10H2,1-4H3,(H,21,22)(H,23,24). The molecule has 0 amide bonds. The Morgan fingerprint density at radius 2 is 1.33 bits per heavy atom. The van der Waals surface area contributed by atoms with Crippen molar-refractivity contribution in [3.8, 4) is 0 Å². The van der Waals surface area contributed by atoms with Crippen molar-refractivity contribution in [1.82, 2.24) is 0 Å². The maximum absolute atomic E-state index is 11.9. The van der Waals surface area contributed by atoms with E-state index in [9.17, 15) is 34.2 Å². The Kier molecular flexibility index (Phi) is 11.6. The Balaban J connectivity index is 2.40. The van der Waals surface area contributed by atoms with E-state index in [2.05, 4.69) is 0 Å². The van der Waals surface area contributed by atoms with Crippen molar-refractivity contribution in [2.75, 3.05) is 19.8 Å². The molecule has 1 fully saturated rings. The fraction of sp³-hybridized carbons (Fsp3) is 1.00. The molecule has 0 aliphatic carbocycles. The van der Waals surface area contributed by atoms with Crippen molar-refractivity contribution >= 4 is 15.2 Å². The molecular weight excluding hydrogens is 442 g/mol. The van der Waals surface area contributed by atoms with Crippen LogP contribution in [0.15, 0.2) is 0 Å². The number of ether oxygens (including phenoxy) is 2. The monoisotopic (exact) mass is 478 g/mol. The second kappa shape index (κ2) is 12.4. The highest BCUT2D eigenvalue weighted by molar-refractivity contribution is 7.53. The van der Waals surface area contributed by atoms with Crippen LogP contribution >= 0.6 is 15.2 Å². The predicted molar refractivity (Wildman–Crippen MR) is 108 cm³/mol. The second-order valence-corrected chi connectivity index (χ2v) is 12.7. The van der Waals surface area contributed by atoms with Crippen LogP contribution in [0.4, 0.5) is 0 Å². The minimum Gasteiger partial charge on any atom is -0.387 e. The molecule has 0 aromatic rings. The van der Waals surface area contributed by atoms with E-state index in [1.54, 1.807) is 13.8 Å². The third-order valence-electron chi connectivity index (χ3n) is 4.74. The molecule has 1 aliphatic rings. The molecule has 0 aromatic heterocycles. The summed E-state index contributed by atoms with van der Waals surface area (Å²) in [7, 11) is -7.47. The summed E-state index contributed by atoms with van der Waals surface area (Å²) < 4.78 is 44.4. The molecule has 7 atom stereocenters. The smallest absolute Gasteiger partial charge is 0.330 e. The zero-order chi connectivity index (χ0) is 23.1. The fourth-order valence-corrected chi connectivity index (χ4v) is 3.79. The van der Waals surface area contributed by atoms with E-state index in [-0.39, 0.29) is 13.2 Å². The average Bonchev–Trinajstić information content (AvgIpc) is 2.65. The first-order valence-electron chi connectivity index (χ1n) is 10.0. The van der Waals surface area contributed by atoms with Crippen LogP contribution in [-0.2, 0) is 27.7 Å². The molecule has 7 unspecified atom stereocenters. The molecule has 30 heavy (non-hydrogen) atoms. The minimum absolute atomic E-state index is 0.135. The lowest BCUT2D eigenvalue weighted by atomic mass is 9.99. The molecule has 0 spiro atoms. The molecule has 13 heteroatoms. The quantitative estimate of drug-likeness (QED) is 0.190. The number of unbranched alkanes of at least 4 members (excludes halogenated alkanes) is 2. The van der Waals surface area contributed by atoms with E-state index in [1.807, 2.05) is 0 Å². The number of aliphatic hydroxyl groups is 3. The molecule has 0 radical (unpaired) electrons. The first-order chi connectivity index (χ1) is 13.8. The van der Waals surface area contributed by atoms with Crippen LogP contribution in [0.3, 0.4) is 0 Å². The van der Waals surface area contributed by atoms with Crippen molar-refractivity contribution < 1.29 is 52.8 Å². The number of aliphatic hydroxyl groups excluding tert-OH is 3. The van der Waals surface area contributed by atoms with Gasteiger partial charge in [-0.2, -0.15) is 0 Å². The van der Waals surface area contributed by atoms with Gasteiger partial charge in [0, 0.05) is 6.61 Å². The molecule has 0 bridgehead atoms. The van der Waals surface area contributed by atoms with Crippen LogP contribution in [-0.4, -0.2) is 87.0 Å². The summed E-state index contributed by atoms with van der Waals surface area (Å²) in [6, 6.07) is 0. The molecule has 11 nitrogen and oxygen atoms in total. The van der Waals surface area contributed by atoms with Crippen LogP contribution < -0.4 is 0 Å². The third-order valence-corrected chi connectivity index (χ3v) is 8.43. The van der Waals surface area contributed by atoms with Gasteiger partial charge in [0.2, 0.25) is 0 Å². The molecule has 1 aliphatic heterocycles. The summed E-state index contributed by atoms with van der Waals surface area (Å²) in [5.41, 5.74) is -1.12. The van der Waals surface area contributed by atoms with Gasteiger partial charge >= 0.3 is 15.2 Å². The largest absolute Gasteiger partial charge is 0.387 e. The average molecular weight is 478 g/mol. The molecule has 0 aromatic carbocycles. The Labute approximate surface area is 177 Å². The van der Waals surface area contributed by atoms with E-state index in [1.165, 1.54) is 13.8 Å². The van der Waals surface area contributed by atoms with Gasteiger partial charge in [0.15, 0.2) is 6.29 Å². The van der Waals surface area contributed by atoms with E-state index in [4.69, 9.17) is 18.5 Å². The van der Waals surface area contributed by atoms with E-state index in [0.717, 1.165) is 0 Å². The van der Waals surface area contributed by atoms with Gasteiger partial charge in [-0.05, 0) is 19.3 Å². The Morgan fingerprint density at radius 1 is 0.800 bits per heavy atom. The predicted octanol–water partition coefficient (Wildman–Crippen LogP) is 1.20. The lowest BCUT2D eigenvalue weighted by Gasteiger charge is -2.40. The first-order valence-corrected chi connectivity index (χ1v) is 13.3. The van der Waals surface area contributed by atoms with Crippen molar-refractivity contribution in [3.05, 3.63) is 0 Å². The number of hydrogen-bond acceptors (Lipinski definition) is 9. The van der Waals surface area contributed by atoms with Gasteiger partial charge in [-0.3, -0.25) is 9.13 Å². The molecule has 5 N–H and O–H groups in total. The molecule has 0 saturated carbocycles.